The number of primary amides is 1. The summed E-state index contributed by atoms with van der Waals surface area (Å²) in [5.74, 6) is 0.0408. The van der Waals surface area contributed by atoms with Crippen molar-refractivity contribution in [3.63, 3.8) is 0 Å². The lowest BCUT2D eigenvalue weighted by molar-refractivity contribution is -0.134. The molecule has 0 saturated carbocycles. The van der Waals surface area contributed by atoms with Crippen LogP contribution in [0.25, 0.3) is 0 Å². The second-order valence-corrected chi connectivity index (χ2v) is 5.66. The van der Waals surface area contributed by atoms with Crippen molar-refractivity contribution >= 4 is 23.5 Å². The number of nitrogens with two attached hydrogens (primary N) is 1. The lowest BCUT2D eigenvalue weighted by Crippen LogP contribution is -2.50. The number of nitrogens with one attached hydrogen (secondary N) is 1. The zero-order valence-corrected chi connectivity index (χ0v) is 12.6. The number of hydrogen-bond donors (Lipinski definition) is 2. The topological polar surface area (TPSA) is 75.4 Å². The van der Waals surface area contributed by atoms with Crippen molar-refractivity contribution < 1.29 is 9.59 Å². The second kappa shape index (κ2) is 7.31. The smallest absolute Gasteiger partial charge is 0.312 e. The van der Waals surface area contributed by atoms with Gasteiger partial charge in [-0.25, -0.2) is 4.79 Å². The molecule has 21 heavy (non-hydrogen) atoms. The monoisotopic (exact) mass is 309 g/mol. The maximum absolute atomic E-state index is 12.5. The van der Waals surface area contributed by atoms with E-state index in [1.54, 1.807) is 6.07 Å². The van der Waals surface area contributed by atoms with Crippen molar-refractivity contribution in [1.82, 2.24) is 10.2 Å². The van der Waals surface area contributed by atoms with Crippen molar-refractivity contribution in [2.24, 2.45) is 5.73 Å². The van der Waals surface area contributed by atoms with Gasteiger partial charge in [0.15, 0.2) is 0 Å². The quantitative estimate of drug-likeness (QED) is 0.891. The molecular formula is C15H20ClN3O2. The van der Waals surface area contributed by atoms with Gasteiger partial charge in [0.25, 0.3) is 0 Å². The standard InChI is InChI=1S/C15H20ClN3O2/c16-13-7-2-1-5-11(13)9-14(20)19-8-4-3-6-12(19)10-18-15(17)21/h1-2,5,7,12H,3-4,6,8-10H2,(H3,17,18,21)/t12-/m1/s1. The Hall–Kier alpha value is -1.75. The molecule has 1 fully saturated rings. The van der Waals surface area contributed by atoms with Crippen LogP contribution in [0.2, 0.25) is 5.02 Å². The van der Waals surface area contributed by atoms with Crippen LogP contribution in [0.1, 0.15) is 24.8 Å². The molecule has 3 N–H and O–H groups in total. The summed E-state index contributed by atoms with van der Waals surface area (Å²) in [4.78, 5) is 25.2. The van der Waals surface area contributed by atoms with E-state index in [1.807, 2.05) is 23.1 Å². The summed E-state index contributed by atoms with van der Waals surface area (Å²) in [6.45, 7) is 1.12. The molecule has 1 aromatic rings. The van der Waals surface area contributed by atoms with Crippen LogP contribution in [0.5, 0.6) is 0 Å². The largest absolute Gasteiger partial charge is 0.352 e. The number of likely N-dealkylation sites (tertiary alicyclic amines) is 1. The van der Waals surface area contributed by atoms with Crippen molar-refractivity contribution in [1.29, 1.82) is 0 Å². The Bertz CT molecular complexity index is 521. The third kappa shape index (κ3) is 4.36. The molecule has 1 aliphatic rings. The lowest BCUT2D eigenvalue weighted by atomic mass is 10.0. The number of urea groups is 1. The summed E-state index contributed by atoms with van der Waals surface area (Å²) in [6, 6.07) is 6.82. The SMILES string of the molecule is NC(=O)NC[C@H]1CCCCN1C(=O)Cc1ccccc1Cl. The molecule has 3 amide bonds. The Labute approximate surface area is 129 Å². The maximum atomic E-state index is 12.5. The van der Waals surface area contributed by atoms with Gasteiger partial charge in [-0.05, 0) is 30.9 Å². The minimum absolute atomic E-state index is 0.0150. The van der Waals surface area contributed by atoms with E-state index in [4.69, 9.17) is 17.3 Å². The van der Waals surface area contributed by atoms with Crippen LogP contribution >= 0.6 is 11.6 Å². The molecule has 1 aromatic carbocycles. The lowest BCUT2D eigenvalue weighted by Gasteiger charge is -2.36. The van der Waals surface area contributed by atoms with Gasteiger partial charge in [0.2, 0.25) is 5.91 Å². The van der Waals surface area contributed by atoms with E-state index in [0.29, 0.717) is 18.1 Å². The Kier molecular flexibility index (Phi) is 5.44. The Morgan fingerprint density at radius 3 is 2.81 bits per heavy atom. The number of carbonyl (C=O) groups excluding carboxylic acids is 2. The Morgan fingerprint density at radius 2 is 2.10 bits per heavy atom. The average molecular weight is 310 g/mol. The van der Waals surface area contributed by atoms with Crippen molar-refractivity contribution in [2.45, 2.75) is 31.7 Å². The molecule has 1 saturated heterocycles. The molecule has 2 rings (SSSR count). The van der Waals surface area contributed by atoms with Crippen molar-refractivity contribution in [3.05, 3.63) is 34.9 Å². The highest BCUT2D eigenvalue weighted by Gasteiger charge is 2.27. The third-order valence-electron chi connectivity index (χ3n) is 3.76. The highest BCUT2D eigenvalue weighted by atomic mass is 35.5. The van der Waals surface area contributed by atoms with Gasteiger partial charge in [-0.15, -0.1) is 0 Å². The molecule has 0 unspecified atom stereocenters. The molecule has 1 heterocycles. The molecule has 5 nitrogen and oxygen atoms in total. The molecular weight excluding hydrogens is 290 g/mol. The van der Waals surface area contributed by atoms with Crippen LogP contribution in [0.3, 0.4) is 0 Å². The normalized spacial score (nSPS) is 18.3. The number of hydrogen-bond acceptors (Lipinski definition) is 2. The molecule has 0 spiro atoms. The van der Waals surface area contributed by atoms with Gasteiger partial charge in [-0.1, -0.05) is 29.8 Å². The molecule has 0 aromatic heterocycles. The van der Waals surface area contributed by atoms with Crippen molar-refractivity contribution in [2.75, 3.05) is 13.1 Å². The predicted molar refractivity (Wildman–Crippen MR) is 82.1 cm³/mol. The summed E-state index contributed by atoms with van der Waals surface area (Å²) in [5, 5.41) is 3.20. The summed E-state index contributed by atoms with van der Waals surface area (Å²) in [5.41, 5.74) is 5.93. The van der Waals surface area contributed by atoms with Crippen LogP contribution in [0.4, 0.5) is 4.79 Å². The van der Waals surface area contributed by atoms with Crippen molar-refractivity contribution in [3.8, 4) is 0 Å². The van der Waals surface area contributed by atoms with E-state index in [-0.39, 0.29) is 18.4 Å². The summed E-state index contributed by atoms with van der Waals surface area (Å²) < 4.78 is 0. The van der Waals surface area contributed by atoms with Crippen LogP contribution in [0.15, 0.2) is 24.3 Å². The van der Waals surface area contributed by atoms with Gasteiger partial charge < -0.3 is 16.0 Å². The fourth-order valence-corrected chi connectivity index (χ4v) is 2.87. The van der Waals surface area contributed by atoms with Crippen LogP contribution in [-0.2, 0) is 11.2 Å². The molecule has 0 radical (unpaired) electrons. The molecule has 6 heteroatoms. The molecule has 114 valence electrons. The number of piperidine rings is 1. The zero-order chi connectivity index (χ0) is 15.2. The maximum Gasteiger partial charge on any atom is 0.312 e. The van der Waals surface area contributed by atoms with E-state index < -0.39 is 6.03 Å². The highest BCUT2D eigenvalue weighted by molar-refractivity contribution is 6.31. The minimum atomic E-state index is -0.556. The van der Waals surface area contributed by atoms with Crippen LogP contribution in [0, 0.1) is 0 Å². The molecule has 0 bridgehead atoms. The van der Waals surface area contributed by atoms with Crippen LogP contribution < -0.4 is 11.1 Å². The number of benzene rings is 1. The fourth-order valence-electron chi connectivity index (χ4n) is 2.67. The molecule has 1 aliphatic heterocycles. The second-order valence-electron chi connectivity index (χ2n) is 5.25. The summed E-state index contributed by atoms with van der Waals surface area (Å²) >= 11 is 6.10. The number of amides is 3. The van der Waals surface area contributed by atoms with E-state index in [1.165, 1.54) is 0 Å². The highest BCUT2D eigenvalue weighted by Crippen LogP contribution is 2.20. The van der Waals surface area contributed by atoms with Gasteiger partial charge in [-0.3, -0.25) is 4.79 Å². The van der Waals surface area contributed by atoms with E-state index in [0.717, 1.165) is 24.8 Å². The number of carbonyl (C=O) groups is 2. The number of rotatable bonds is 4. The molecule has 0 aliphatic carbocycles. The zero-order valence-electron chi connectivity index (χ0n) is 11.8. The molecule has 1 atom stereocenters. The Morgan fingerprint density at radius 1 is 1.33 bits per heavy atom. The summed E-state index contributed by atoms with van der Waals surface area (Å²) in [6.07, 6.45) is 3.21. The fraction of sp³-hybridized carbons (Fsp3) is 0.467. The van der Waals surface area contributed by atoms with Gasteiger partial charge in [-0.2, -0.15) is 0 Å². The van der Waals surface area contributed by atoms with Gasteiger partial charge in [0.05, 0.1) is 6.42 Å². The van der Waals surface area contributed by atoms with Gasteiger partial charge >= 0.3 is 6.03 Å². The average Bonchev–Trinajstić information content (AvgIpc) is 2.47. The first-order valence-corrected chi connectivity index (χ1v) is 7.52. The number of nitrogens with zero attached hydrogens (tertiary/aromatic N) is 1. The first-order chi connectivity index (χ1) is 10.1. The van der Waals surface area contributed by atoms with Gasteiger partial charge in [0, 0.05) is 24.2 Å². The number of halogens is 1. The summed E-state index contributed by atoms with van der Waals surface area (Å²) in [7, 11) is 0. The first-order valence-electron chi connectivity index (χ1n) is 7.14. The van der Waals surface area contributed by atoms with E-state index >= 15 is 0 Å². The third-order valence-corrected chi connectivity index (χ3v) is 4.13. The van der Waals surface area contributed by atoms with Gasteiger partial charge in [0.1, 0.15) is 0 Å². The van der Waals surface area contributed by atoms with E-state index in [2.05, 4.69) is 5.32 Å². The predicted octanol–water partition coefficient (Wildman–Crippen LogP) is 1.93. The van der Waals surface area contributed by atoms with E-state index in [9.17, 15) is 9.59 Å². The minimum Gasteiger partial charge on any atom is -0.352 e. The Balaban J connectivity index is 2.01. The van der Waals surface area contributed by atoms with Crippen LogP contribution in [-0.4, -0.2) is 36.0 Å². The first kappa shape index (κ1) is 15.6.